The van der Waals surface area contributed by atoms with Crippen LogP contribution in [0.3, 0.4) is 0 Å². The fourth-order valence-corrected chi connectivity index (χ4v) is 4.89. The number of H-pyrrole nitrogens is 1. The van der Waals surface area contributed by atoms with Crippen LogP contribution in [0, 0.1) is 6.92 Å². The fraction of sp³-hybridized carbons (Fsp3) is 0.222. The quantitative estimate of drug-likeness (QED) is 0.246. The standard InChI is InChI=1S/C18H17N7O2S3/c1-3-28-18-24-23-17(30-18)20-13(26)9-29-16-21-14-12(15(27)22-16)8-19-25(14)11-6-4-10(2)5-7-11/h4-8H,3,9H2,1-2H3,(H,20,23,26)(H,21,22,27). The van der Waals surface area contributed by atoms with E-state index in [2.05, 4.69) is 30.6 Å². The summed E-state index contributed by atoms with van der Waals surface area (Å²) >= 11 is 4.03. The summed E-state index contributed by atoms with van der Waals surface area (Å²) in [4.78, 5) is 31.9. The largest absolute Gasteiger partial charge is 0.301 e. The molecule has 4 rings (SSSR count). The molecule has 154 valence electrons. The summed E-state index contributed by atoms with van der Waals surface area (Å²) in [5.41, 5.74) is 2.07. The van der Waals surface area contributed by atoms with Crippen molar-refractivity contribution >= 4 is 56.9 Å². The van der Waals surface area contributed by atoms with E-state index >= 15 is 0 Å². The number of anilines is 1. The zero-order valence-corrected chi connectivity index (χ0v) is 18.5. The van der Waals surface area contributed by atoms with E-state index in [4.69, 9.17) is 0 Å². The van der Waals surface area contributed by atoms with Crippen molar-refractivity contribution in [3.8, 4) is 5.69 Å². The molecule has 0 radical (unpaired) electrons. The third-order valence-electron chi connectivity index (χ3n) is 3.96. The minimum Gasteiger partial charge on any atom is -0.301 e. The molecule has 0 aliphatic heterocycles. The van der Waals surface area contributed by atoms with Gasteiger partial charge < -0.3 is 4.98 Å². The van der Waals surface area contributed by atoms with Crippen molar-refractivity contribution in [2.75, 3.05) is 16.8 Å². The molecular formula is C18H17N7O2S3. The number of nitrogens with zero attached hydrogens (tertiary/aromatic N) is 5. The SMILES string of the molecule is CCSc1nnc(NC(=O)CSc2nc3c(cnn3-c3ccc(C)cc3)c(=O)[nH]2)s1. The average molecular weight is 460 g/mol. The van der Waals surface area contributed by atoms with Crippen molar-refractivity contribution in [3.63, 3.8) is 0 Å². The molecule has 1 aromatic carbocycles. The summed E-state index contributed by atoms with van der Waals surface area (Å²) in [6.45, 7) is 4.02. The molecule has 0 aliphatic carbocycles. The van der Waals surface area contributed by atoms with Crippen molar-refractivity contribution in [2.24, 2.45) is 0 Å². The monoisotopic (exact) mass is 459 g/mol. The summed E-state index contributed by atoms with van der Waals surface area (Å²) in [7, 11) is 0. The van der Waals surface area contributed by atoms with Crippen LogP contribution in [0.25, 0.3) is 16.7 Å². The van der Waals surface area contributed by atoms with Crippen molar-refractivity contribution in [1.82, 2.24) is 29.9 Å². The number of aromatic amines is 1. The lowest BCUT2D eigenvalue weighted by Crippen LogP contribution is -2.15. The number of hydrogen-bond donors (Lipinski definition) is 2. The lowest BCUT2D eigenvalue weighted by atomic mass is 10.2. The zero-order chi connectivity index (χ0) is 21.1. The molecule has 9 nitrogen and oxygen atoms in total. The van der Waals surface area contributed by atoms with E-state index in [1.54, 1.807) is 16.4 Å². The summed E-state index contributed by atoms with van der Waals surface area (Å²) < 4.78 is 2.42. The highest BCUT2D eigenvalue weighted by atomic mass is 32.2. The highest BCUT2D eigenvalue weighted by Gasteiger charge is 2.14. The lowest BCUT2D eigenvalue weighted by Gasteiger charge is -2.05. The van der Waals surface area contributed by atoms with Gasteiger partial charge in [-0.05, 0) is 24.8 Å². The molecule has 0 unspecified atom stereocenters. The van der Waals surface area contributed by atoms with Crippen LogP contribution in [-0.4, -0.2) is 47.4 Å². The van der Waals surface area contributed by atoms with Crippen LogP contribution in [0.5, 0.6) is 0 Å². The van der Waals surface area contributed by atoms with Gasteiger partial charge in [0.25, 0.3) is 5.56 Å². The number of benzene rings is 1. The molecule has 0 bridgehead atoms. The lowest BCUT2D eigenvalue weighted by molar-refractivity contribution is -0.113. The first-order valence-corrected chi connectivity index (χ1v) is 11.8. The van der Waals surface area contributed by atoms with Gasteiger partial charge in [0.2, 0.25) is 11.0 Å². The number of nitrogens with one attached hydrogen (secondary N) is 2. The van der Waals surface area contributed by atoms with Crippen LogP contribution in [0.1, 0.15) is 12.5 Å². The van der Waals surface area contributed by atoms with Crippen molar-refractivity contribution in [3.05, 3.63) is 46.4 Å². The Morgan fingerprint density at radius 2 is 2.03 bits per heavy atom. The molecule has 3 aromatic heterocycles. The van der Waals surface area contributed by atoms with Gasteiger partial charge in [0.1, 0.15) is 5.39 Å². The predicted molar refractivity (Wildman–Crippen MR) is 120 cm³/mol. The second kappa shape index (κ2) is 8.98. The molecule has 0 atom stereocenters. The van der Waals surface area contributed by atoms with E-state index in [-0.39, 0.29) is 17.2 Å². The van der Waals surface area contributed by atoms with E-state index in [9.17, 15) is 9.59 Å². The Bertz CT molecular complexity index is 1250. The van der Waals surface area contributed by atoms with E-state index in [1.807, 2.05) is 38.1 Å². The van der Waals surface area contributed by atoms with Gasteiger partial charge in [-0.15, -0.1) is 10.2 Å². The Balaban J connectivity index is 1.50. The van der Waals surface area contributed by atoms with Gasteiger partial charge in [-0.3, -0.25) is 14.9 Å². The van der Waals surface area contributed by atoms with Crippen molar-refractivity contribution in [1.29, 1.82) is 0 Å². The van der Waals surface area contributed by atoms with Crippen LogP contribution in [0.2, 0.25) is 0 Å². The Hall–Kier alpha value is -2.70. The van der Waals surface area contributed by atoms with Crippen LogP contribution >= 0.6 is 34.9 Å². The number of hydrogen-bond acceptors (Lipinski definition) is 9. The first kappa shape index (κ1) is 20.6. The minimum absolute atomic E-state index is 0.0724. The molecule has 2 N–H and O–H groups in total. The number of fused-ring (bicyclic) bond motifs is 1. The maximum atomic E-state index is 12.4. The Morgan fingerprint density at radius 1 is 1.23 bits per heavy atom. The number of carbonyl (C=O) groups is 1. The number of aromatic nitrogens is 6. The van der Waals surface area contributed by atoms with Gasteiger partial charge in [-0.1, -0.05) is 59.5 Å². The van der Waals surface area contributed by atoms with E-state index in [0.29, 0.717) is 21.3 Å². The number of rotatable bonds is 7. The van der Waals surface area contributed by atoms with Gasteiger partial charge in [-0.2, -0.15) is 5.10 Å². The fourth-order valence-electron chi connectivity index (χ4n) is 2.57. The van der Waals surface area contributed by atoms with Gasteiger partial charge in [0.15, 0.2) is 15.1 Å². The first-order valence-electron chi connectivity index (χ1n) is 8.97. The molecule has 4 aromatic rings. The maximum absolute atomic E-state index is 12.4. The predicted octanol–water partition coefficient (Wildman–Crippen LogP) is 3.11. The van der Waals surface area contributed by atoms with E-state index in [0.717, 1.165) is 33.1 Å². The Kier molecular flexibility index (Phi) is 6.16. The Labute approximate surface area is 183 Å². The molecule has 0 aliphatic rings. The maximum Gasteiger partial charge on any atom is 0.262 e. The topological polar surface area (TPSA) is 118 Å². The molecule has 0 spiro atoms. The Morgan fingerprint density at radius 3 is 2.80 bits per heavy atom. The van der Waals surface area contributed by atoms with Gasteiger partial charge in [0, 0.05) is 0 Å². The molecule has 1 amide bonds. The molecule has 0 fully saturated rings. The number of carbonyl (C=O) groups excluding carboxylic acids is 1. The molecule has 3 heterocycles. The normalized spacial score (nSPS) is 11.1. The van der Waals surface area contributed by atoms with Crippen molar-refractivity contribution < 1.29 is 4.79 Å². The first-order chi connectivity index (χ1) is 14.5. The van der Waals surface area contributed by atoms with Gasteiger partial charge >= 0.3 is 0 Å². The van der Waals surface area contributed by atoms with Crippen LogP contribution in [-0.2, 0) is 4.79 Å². The summed E-state index contributed by atoms with van der Waals surface area (Å²) in [6.07, 6.45) is 1.49. The number of aryl methyl sites for hydroxylation is 1. The second-order valence-corrected chi connectivity index (χ2v) is 9.60. The third-order valence-corrected chi connectivity index (χ3v) is 6.68. The molecule has 30 heavy (non-hydrogen) atoms. The molecule has 12 heteroatoms. The average Bonchev–Trinajstić information content (AvgIpc) is 3.35. The van der Waals surface area contributed by atoms with Gasteiger partial charge in [0.05, 0.1) is 17.6 Å². The summed E-state index contributed by atoms with van der Waals surface area (Å²) in [5, 5.41) is 16.1. The number of thioether (sulfide) groups is 2. The third kappa shape index (κ3) is 4.55. The molecular weight excluding hydrogens is 442 g/mol. The second-order valence-electron chi connectivity index (χ2n) is 6.14. The highest BCUT2D eigenvalue weighted by Crippen LogP contribution is 2.25. The molecule has 0 saturated carbocycles. The van der Waals surface area contributed by atoms with Gasteiger partial charge in [-0.25, -0.2) is 9.67 Å². The smallest absolute Gasteiger partial charge is 0.262 e. The van der Waals surface area contributed by atoms with Crippen molar-refractivity contribution in [2.45, 2.75) is 23.3 Å². The zero-order valence-electron chi connectivity index (χ0n) is 16.1. The van der Waals surface area contributed by atoms with Crippen LogP contribution in [0.4, 0.5) is 5.13 Å². The summed E-state index contributed by atoms with van der Waals surface area (Å²) in [5.74, 6) is 0.709. The van der Waals surface area contributed by atoms with E-state index in [1.165, 1.54) is 17.5 Å². The number of amides is 1. The minimum atomic E-state index is -0.299. The molecule has 0 saturated heterocycles. The van der Waals surface area contributed by atoms with E-state index < -0.39 is 0 Å². The van der Waals surface area contributed by atoms with Crippen LogP contribution < -0.4 is 10.9 Å². The highest BCUT2D eigenvalue weighted by molar-refractivity contribution is 8.01. The summed E-state index contributed by atoms with van der Waals surface area (Å²) in [6, 6.07) is 7.76. The van der Waals surface area contributed by atoms with Crippen LogP contribution in [0.15, 0.2) is 44.8 Å².